The second kappa shape index (κ2) is 5.32. The van der Waals surface area contributed by atoms with E-state index in [1.54, 1.807) is 7.11 Å². The van der Waals surface area contributed by atoms with Crippen molar-refractivity contribution >= 4 is 5.78 Å². The molecule has 0 spiro atoms. The molecule has 0 amide bonds. The molecule has 1 aromatic rings. The van der Waals surface area contributed by atoms with Crippen LogP contribution in [0, 0.1) is 5.41 Å². The number of Topliss-reactive ketones (excluding diaryl/α,β-unsaturated/α-hetero) is 1. The Kier molecular flexibility index (Phi) is 4.29. The van der Waals surface area contributed by atoms with Crippen LogP contribution >= 0.6 is 0 Å². The number of hydrogen-bond donors (Lipinski definition) is 1. The summed E-state index contributed by atoms with van der Waals surface area (Å²) < 4.78 is 5.09. The first-order valence-electron chi connectivity index (χ1n) is 5.68. The smallest absolute Gasteiger partial charge is 0.166 e. The van der Waals surface area contributed by atoms with Crippen LogP contribution < -0.4 is 4.74 Å². The number of aliphatic hydroxyl groups excluding tert-OH is 1. The monoisotopic (exact) mass is 236 g/mol. The van der Waals surface area contributed by atoms with Gasteiger partial charge in [-0.2, -0.15) is 0 Å². The molecule has 0 aliphatic heterocycles. The number of ether oxygens (including phenoxy) is 1. The zero-order chi connectivity index (χ0) is 13.1. The fourth-order valence-corrected chi connectivity index (χ4v) is 1.56. The molecule has 0 saturated carbocycles. The Labute approximate surface area is 102 Å². The van der Waals surface area contributed by atoms with Crippen molar-refractivity contribution in [1.29, 1.82) is 0 Å². The Hall–Kier alpha value is -1.35. The fraction of sp³-hybridized carbons (Fsp3) is 0.500. The van der Waals surface area contributed by atoms with Crippen LogP contribution in [0.4, 0.5) is 0 Å². The van der Waals surface area contributed by atoms with E-state index in [2.05, 4.69) is 0 Å². The van der Waals surface area contributed by atoms with Crippen LogP contribution in [-0.2, 0) is 11.2 Å². The molecule has 1 aromatic carbocycles. The molecule has 1 atom stereocenters. The van der Waals surface area contributed by atoms with Crippen molar-refractivity contribution in [2.75, 3.05) is 7.11 Å². The Balaban J connectivity index is 2.74. The largest absolute Gasteiger partial charge is 0.497 e. The molecule has 0 aliphatic carbocycles. The highest BCUT2D eigenvalue weighted by molar-refractivity contribution is 5.85. The lowest BCUT2D eigenvalue weighted by Gasteiger charge is -2.24. The first-order chi connectivity index (χ1) is 7.84. The number of rotatable bonds is 4. The third kappa shape index (κ3) is 3.86. The summed E-state index contributed by atoms with van der Waals surface area (Å²) in [5.74, 6) is 0.561. The summed E-state index contributed by atoms with van der Waals surface area (Å²) in [4.78, 5) is 11.9. The Morgan fingerprint density at radius 2 is 2.06 bits per heavy atom. The minimum absolute atomic E-state index is 0.161. The lowest BCUT2D eigenvalue weighted by atomic mass is 9.85. The summed E-state index contributed by atoms with van der Waals surface area (Å²) in [5, 5.41) is 9.86. The van der Waals surface area contributed by atoms with Crippen LogP contribution in [0.3, 0.4) is 0 Å². The quantitative estimate of drug-likeness (QED) is 0.872. The maximum atomic E-state index is 11.9. The van der Waals surface area contributed by atoms with E-state index < -0.39 is 11.5 Å². The minimum atomic E-state index is -0.936. The Bertz CT molecular complexity index is 391. The topological polar surface area (TPSA) is 46.5 Å². The van der Waals surface area contributed by atoms with Gasteiger partial charge in [0.15, 0.2) is 5.78 Å². The predicted octanol–water partition coefficient (Wildman–Crippen LogP) is 2.21. The summed E-state index contributed by atoms with van der Waals surface area (Å²) in [6, 6.07) is 7.34. The minimum Gasteiger partial charge on any atom is -0.497 e. The van der Waals surface area contributed by atoms with Crippen LogP contribution in [0.15, 0.2) is 24.3 Å². The fourth-order valence-electron chi connectivity index (χ4n) is 1.56. The van der Waals surface area contributed by atoms with E-state index in [1.807, 2.05) is 45.0 Å². The van der Waals surface area contributed by atoms with E-state index in [0.29, 0.717) is 0 Å². The van der Waals surface area contributed by atoms with E-state index >= 15 is 0 Å². The van der Waals surface area contributed by atoms with E-state index in [4.69, 9.17) is 4.74 Å². The molecule has 0 aromatic heterocycles. The molecule has 1 N–H and O–H groups in total. The normalized spacial score (nSPS) is 13.2. The van der Waals surface area contributed by atoms with Gasteiger partial charge in [-0.25, -0.2) is 0 Å². The molecular formula is C14H20O3. The summed E-state index contributed by atoms with van der Waals surface area (Å²) >= 11 is 0. The van der Waals surface area contributed by atoms with Gasteiger partial charge in [0.1, 0.15) is 11.9 Å². The molecule has 0 aliphatic rings. The van der Waals surface area contributed by atoms with Crippen molar-refractivity contribution in [3.8, 4) is 5.75 Å². The molecule has 0 fully saturated rings. The van der Waals surface area contributed by atoms with Crippen LogP contribution in [0.2, 0.25) is 0 Å². The zero-order valence-electron chi connectivity index (χ0n) is 10.9. The molecule has 3 heteroatoms. The standard InChI is InChI=1S/C14H20O3/c1-14(2,3)13(16)12(15)9-10-6-5-7-11(8-10)17-4/h5-8,13,16H,9H2,1-4H3. The van der Waals surface area contributed by atoms with Crippen molar-refractivity contribution in [1.82, 2.24) is 0 Å². The van der Waals surface area contributed by atoms with Gasteiger partial charge in [-0.15, -0.1) is 0 Å². The van der Waals surface area contributed by atoms with Crippen molar-refractivity contribution < 1.29 is 14.6 Å². The summed E-state index contributed by atoms with van der Waals surface area (Å²) in [5.41, 5.74) is 0.438. The second-order valence-corrected chi connectivity index (χ2v) is 5.26. The van der Waals surface area contributed by atoms with Crippen molar-refractivity contribution in [3.63, 3.8) is 0 Å². The average Bonchev–Trinajstić information content (AvgIpc) is 2.27. The van der Waals surface area contributed by atoms with Crippen molar-refractivity contribution in [2.45, 2.75) is 33.3 Å². The van der Waals surface area contributed by atoms with Crippen LogP contribution in [-0.4, -0.2) is 24.1 Å². The number of methoxy groups -OCH3 is 1. The van der Waals surface area contributed by atoms with Gasteiger partial charge in [-0.1, -0.05) is 32.9 Å². The van der Waals surface area contributed by atoms with E-state index in [-0.39, 0.29) is 12.2 Å². The van der Waals surface area contributed by atoms with Crippen molar-refractivity contribution in [2.24, 2.45) is 5.41 Å². The van der Waals surface area contributed by atoms with Crippen LogP contribution in [0.5, 0.6) is 5.75 Å². The van der Waals surface area contributed by atoms with Gasteiger partial charge in [0.2, 0.25) is 0 Å². The number of carbonyl (C=O) groups is 1. The highest BCUT2D eigenvalue weighted by Gasteiger charge is 2.28. The molecule has 3 nitrogen and oxygen atoms in total. The second-order valence-electron chi connectivity index (χ2n) is 5.26. The van der Waals surface area contributed by atoms with Crippen LogP contribution in [0.1, 0.15) is 26.3 Å². The van der Waals surface area contributed by atoms with Gasteiger partial charge in [0.25, 0.3) is 0 Å². The molecule has 0 heterocycles. The molecular weight excluding hydrogens is 216 g/mol. The molecule has 1 rings (SSSR count). The van der Waals surface area contributed by atoms with Gasteiger partial charge >= 0.3 is 0 Å². The third-order valence-electron chi connectivity index (χ3n) is 2.64. The third-order valence-corrected chi connectivity index (χ3v) is 2.64. The lowest BCUT2D eigenvalue weighted by molar-refractivity contribution is -0.131. The first kappa shape index (κ1) is 13.7. The first-order valence-corrected chi connectivity index (χ1v) is 5.68. The summed E-state index contributed by atoms with van der Waals surface area (Å²) in [7, 11) is 1.59. The van der Waals surface area contributed by atoms with Crippen molar-refractivity contribution in [3.05, 3.63) is 29.8 Å². The zero-order valence-corrected chi connectivity index (χ0v) is 10.9. The van der Waals surface area contributed by atoms with Gasteiger partial charge in [0.05, 0.1) is 7.11 Å². The molecule has 17 heavy (non-hydrogen) atoms. The van der Waals surface area contributed by atoms with Crippen LogP contribution in [0.25, 0.3) is 0 Å². The number of ketones is 1. The van der Waals surface area contributed by atoms with E-state index in [1.165, 1.54) is 0 Å². The van der Waals surface area contributed by atoms with Gasteiger partial charge < -0.3 is 9.84 Å². The SMILES string of the molecule is COc1cccc(CC(=O)C(O)C(C)(C)C)c1. The number of hydrogen-bond acceptors (Lipinski definition) is 3. The Morgan fingerprint density at radius 1 is 1.41 bits per heavy atom. The molecule has 0 bridgehead atoms. The molecule has 0 saturated heterocycles. The highest BCUT2D eigenvalue weighted by atomic mass is 16.5. The van der Waals surface area contributed by atoms with Gasteiger partial charge in [-0.3, -0.25) is 4.79 Å². The number of carbonyl (C=O) groups excluding carboxylic acids is 1. The maximum Gasteiger partial charge on any atom is 0.166 e. The molecule has 94 valence electrons. The average molecular weight is 236 g/mol. The van der Waals surface area contributed by atoms with E-state index in [9.17, 15) is 9.90 Å². The van der Waals surface area contributed by atoms with Gasteiger partial charge in [-0.05, 0) is 23.1 Å². The molecule has 1 unspecified atom stereocenters. The maximum absolute atomic E-state index is 11.9. The Morgan fingerprint density at radius 3 is 2.59 bits per heavy atom. The number of benzene rings is 1. The number of aliphatic hydroxyl groups is 1. The predicted molar refractivity (Wildman–Crippen MR) is 67.2 cm³/mol. The highest BCUT2D eigenvalue weighted by Crippen LogP contribution is 2.21. The molecule has 0 radical (unpaired) electrons. The summed E-state index contributed by atoms with van der Waals surface area (Å²) in [6.45, 7) is 5.55. The van der Waals surface area contributed by atoms with Gasteiger partial charge in [0, 0.05) is 6.42 Å². The summed E-state index contributed by atoms with van der Waals surface area (Å²) in [6.07, 6.45) is -0.705. The van der Waals surface area contributed by atoms with E-state index in [0.717, 1.165) is 11.3 Å². The lowest BCUT2D eigenvalue weighted by Crippen LogP contribution is -2.35.